The number of allylic oxidation sites excluding steroid dienone is 1. The van der Waals surface area contributed by atoms with Gasteiger partial charge in [0.2, 0.25) is 5.60 Å². The van der Waals surface area contributed by atoms with Crippen LogP contribution in [0.3, 0.4) is 0 Å². The van der Waals surface area contributed by atoms with E-state index in [0.29, 0.717) is 6.42 Å². The quantitative estimate of drug-likeness (QED) is 0.551. The van der Waals surface area contributed by atoms with Gasteiger partial charge in [-0.25, -0.2) is 4.79 Å². The minimum atomic E-state index is -1.52. The predicted octanol–water partition coefficient (Wildman–Crippen LogP) is 0.948. The monoisotopic (exact) mass is 324 g/mol. The van der Waals surface area contributed by atoms with Gasteiger partial charge in [0.1, 0.15) is 6.10 Å². The molecule has 6 nitrogen and oxygen atoms in total. The third-order valence-corrected chi connectivity index (χ3v) is 5.84. The maximum absolute atomic E-state index is 12.4. The first-order valence-corrected chi connectivity index (χ1v) is 8.05. The molecule has 2 N–H and O–H groups in total. The van der Waals surface area contributed by atoms with Gasteiger partial charge in [0, 0.05) is 25.2 Å². The topological polar surface area (TPSA) is 93.1 Å². The van der Waals surface area contributed by atoms with Crippen molar-refractivity contribution in [3.63, 3.8) is 0 Å². The fraction of sp³-hybridized carbons (Fsp3) is 0.765. The van der Waals surface area contributed by atoms with E-state index < -0.39 is 41.3 Å². The molecule has 2 fully saturated rings. The molecule has 0 amide bonds. The molecule has 0 spiro atoms. The maximum Gasteiger partial charge on any atom is 0.351 e. The first-order valence-electron chi connectivity index (χ1n) is 8.05. The van der Waals surface area contributed by atoms with Crippen molar-refractivity contribution in [3.8, 4) is 0 Å². The summed E-state index contributed by atoms with van der Waals surface area (Å²) in [6.45, 7) is 6.39. The van der Waals surface area contributed by atoms with Crippen LogP contribution in [0.2, 0.25) is 0 Å². The Bertz CT molecular complexity index is 580. The first-order chi connectivity index (χ1) is 10.6. The normalized spacial score (nSPS) is 48.9. The number of aliphatic hydroxyl groups is 2. The molecule has 6 heteroatoms. The van der Waals surface area contributed by atoms with E-state index in [1.165, 1.54) is 13.8 Å². The van der Waals surface area contributed by atoms with Crippen LogP contribution in [-0.2, 0) is 19.1 Å². The SMILES string of the molecule is CC(=O)OC1(C)C(=O)OC2C3C(C)=CCC3C(C)(O)CC(O)C21. The van der Waals surface area contributed by atoms with E-state index in [1.807, 2.05) is 13.0 Å². The molecule has 7 atom stereocenters. The summed E-state index contributed by atoms with van der Waals surface area (Å²) in [5.41, 5.74) is -1.56. The van der Waals surface area contributed by atoms with Gasteiger partial charge in [0.15, 0.2) is 0 Å². The summed E-state index contributed by atoms with van der Waals surface area (Å²) >= 11 is 0. The Morgan fingerprint density at radius 3 is 2.70 bits per heavy atom. The molecule has 2 aliphatic carbocycles. The van der Waals surface area contributed by atoms with Crippen LogP contribution in [0.1, 0.15) is 40.5 Å². The lowest BCUT2D eigenvalue weighted by atomic mass is 9.75. The summed E-state index contributed by atoms with van der Waals surface area (Å²) < 4.78 is 10.9. The third kappa shape index (κ3) is 2.31. The lowest BCUT2D eigenvalue weighted by molar-refractivity contribution is -0.175. The second-order valence-electron chi connectivity index (χ2n) is 7.54. The van der Waals surface area contributed by atoms with Crippen molar-refractivity contribution in [2.45, 2.75) is 63.9 Å². The van der Waals surface area contributed by atoms with Crippen LogP contribution in [0.25, 0.3) is 0 Å². The molecule has 0 radical (unpaired) electrons. The van der Waals surface area contributed by atoms with Gasteiger partial charge < -0.3 is 19.7 Å². The standard InChI is InChI=1S/C17H24O6/c1-8-5-6-10-12(8)14-13(11(19)7-16(10,3)21)17(4,15(20)22-14)23-9(2)18/h5,10-14,19,21H,6-7H2,1-4H3. The summed E-state index contributed by atoms with van der Waals surface area (Å²) in [6.07, 6.45) is 1.25. The predicted molar refractivity (Wildman–Crippen MR) is 80.1 cm³/mol. The molecule has 1 saturated carbocycles. The van der Waals surface area contributed by atoms with Gasteiger partial charge in [-0.1, -0.05) is 11.6 Å². The molecule has 23 heavy (non-hydrogen) atoms. The van der Waals surface area contributed by atoms with Gasteiger partial charge in [0.05, 0.1) is 17.6 Å². The summed E-state index contributed by atoms with van der Waals surface area (Å²) in [4.78, 5) is 23.9. The molecule has 128 valence electrons. The number of hydrogen-bond acceptors (Lipinski definition) is 6. The van der Waals surface area contributed by atoms with Gasteiger partial charge in [-0.3, -0.25) is 4.79 Å². The number of carbonyl (C=O) groups excluding carboxylic acids is 2. The fourth-order valence-electron chi connectivity index (χ4n) is 4.80. The van der Waals surface area contributed by atoms with E-state index in [-0.39, 0.29) is 18.3 Å². The molecule has 0 aromatic heterocycles. The zero-order chi connectivity index (χ0) is 17.2. The number of carbonyl (C=O) groups is 2. The van der Waals surface area contributed by atoms with Gasteiger partial charge in [-0.15, -0.1) is 0 Å². The highest BCUT2D eigenvalue weighted by atomic mass is 16.6. The molecular formula is C17H24O6. The molecule has 3 aliphatic rings. The average Bonchev–Trinajstić information content (AvgIpc) is 2.85. The molecule has 7 unspecified atom stereocenters. The van der Waals surface area contributed by atoms with Crippen LogP contribution in [0.15, 0.2) is 11.6 Å². The van der Waals surface area contributed by atoms with Crippen LogP contribution in [0, 0.1) is 17.8 Å². The van der Waals surface area contributed by atoms with E-state index in [2.05, 4.69) is 0 Å². The van der Waals surface area contributed by atoms with E-state index in [0.717, 1.165) is 5.57 Å². The summed E-state index contributed by atoms with van der Waals surface area (Å²) in [6, 6.07) is 0. The summed E-state index contributed by atoms with van der Waals surface area (Å²) in [7, 11) is 0. The average molecular weight is 324 g/mol. The minimum Gasteiger partial charge on any atom is -0.458 e. The van der Waals surface area contributed by atoms with Crippen molar-refractivity contribution in [3.05, 3.63) is 11.6 Å². The second kappa shape index (κ2) is 5.05. The second-order valence-corrected chi connectivity index (χ2v) is 7.54. The highest BCUT2D eigenvalue weighted by Crippen LogP contribution is 2.54. The van der Waals surface area contributed by atoms with Crippen LogP contribution in [0.4, 0.5) is 0 Å². The molecular weight excluding hydrogens is 300 g/mol. The zero-order valence-corrected chi connectivity index (χ0v) is 13.9. The number of aliphatic hydroxyl groups excluding tert-OH is 1. The van der Waals surface area contributed by atoms with Gasteiger partial charge in [-0.05, 0) is 27.2 Å². The molecule has 1 aliphatic heterocycles. The lowest BCUT2D eigenvalue weighted by Crippen LogP contribution is -2.49. The maximum atomic E-state index is 12.4. The van der Waals surface area contributed by atoms with Crippen LogP contribution < -0.4 is 0 Å². The smallest absolute Gasteiger partial charge is 0.351 e. The number of hydrogen-bond donors (Lipinski definition) is 2. The Labute approximate surface area is 135 Å². The number of fused-ring (bicyclic) bond motifs is 3. The van der Waals surface area contributed by atoms with Crippen LogP contribution in [-0.4, -0.2) is 45.6 Å². The van der Waals surface area contributed by atoms with E-state index in [1.54, 1.807) is 6.92 Å². The Morgan fingerprint density at radius 1 is 1.43 bits per heavy atom. The summed E-state index contributed by atoms with van der Waals surface area (Å²) in [5, 5.41) is 21.5. The van der Waals surface area contributed by atoms with Gasteiger partial charge >= 0.3 is 11.9 Å². The Morgan fingerprint density at radius 2 is 2.09 bits per heavy atom. The Balaban J connectivity index is 2.07. The van der Waals surface area contributed by atoms with Crippen molar-refractivity contribution in [1.82, 2.24) is 0 Å². The van der Waals surface area contributed by atoms with Crippen molar-refractivity contribution < 1.29 is 29.3 Å². The molecule has 0 aromatic carbocycles. The Kier molecular flexibility index (Phi) is 3.61. The number of rotatable bonds is 1. The first kappa shape index (κ1) is 16.5. The van der Waals surface area contributed by atoms with Crippen molar-refractivity contribution in [2.75, 3.05) is 0 Å². The van der Waals surface area contributed by atoms with Gasteiger partial charge in [-0.2, -0.15) is 0 Å². The molecule has 1 saturated heterocycles. The largest absolute Gasteiger partial charge is 0.458 e. The number of esters is 2. The highest BCUT2D eigenvalue weighted by molar-refractivity contribution is 5.85. The zero-order valence-electron chi connectivity index (χ0n) is 13.9. The van der Waals surface area contributed by atoms with Crippen LogP contribution in [0.5, 0.6) is 0 Å². The van der Waals surface area contributed by atoms with E-state index >= 15 is 0 Å². The highest BCUT2D eigenvalue weighted by Gasteiger charge is 2.66. The van der Waals surface area contributed by atoms with Crippen molar-refractivity contribution in [2.24, 2.45) is 17.8 Å². The minimum absolute atomic E-state index is 0.115. The van der Waals surface area contributed by atoms with Crippen molar-refractivity contribution >= 4 is 11.9 Å². The molecule has 3 rings (SSSR count). The third-order valence-electron chi connectivity index (χ3n) is 5.84. The van der Waals surface area contributed by atoms with Crippen LogP contribution >= 0.6 is 0 Å². The van der Waals surface area contributed by atoms with E-state index in [4.69, 9.17) is 9.47 Å². The van der Waals surface area contributed by atoms with Crippen molar-refractivity contribution in [1.29, 1.82) is 0 Å². The molecule has 1 heterocycles. The van der Waals surface area contributed by atoms with Gasteiger partial charge in [0.25, 0.3) is 0 Å². The van der Waals surface area contributed by atoms with E-state index in [9.17, 15) is 19.8 Å². The fourth-order valence-corrected chi connectivity index (χ4v) is 4.80. The Hall–Kier alpha value is -1.40. The lowest BCUT2D eigenvalue weighted by Gasteiger charge is -2.34. The molecule has 0 bridgehead atoms. The number of ether oxygens (including phenoxy) is 2. The summed E-state index contributed by atoms with van der Waals surface area (Å²) in [5.74, 6) is -2.21. The molecule has 0 aromatic rings.